The van der Waals surface area contributed by atoms with Crippen molar-refractivity contribution in [3.05, 3.63) is 0 Å². The van der Waals surface area contributed by atoms with Crippen LogP contribution in [-0.4, -0.2) is 52.6 Å². The van der Waals surface area contributed by atoms with Crippen LogP contribution in [0.3, 0.4) is 0 Å². The van der Waals surface area contributed by atoms with Gasteiger partial charge in [-0.05, 0) is 39.2 Å². The minimum atomic E-state index is -1.01. The van der Waals surface area contributed by atoms with E-state index in [4.69, 9.17) is 0 Å². The molecule has 2 fully saturated rings. The molecule has 2 aliphatic rings. The molecule has 0 aromatic rings. The lowest BCUT2D eigenvalue weighted by atomic mass is 9.99. The highest BCUT2D eigenvalue weighted by atomic mass is 16.4. The van der Waals surface area contributed by atoms with Gasteiger partial charge in [0, 0.05) is 6.04 Å². The van der Waals surface area contributed by atoms with Gasteiger partial charge in [-0.25, -0.2) is 4.79 Å². The Hall–Kier alpha value is -1.63. The van der Waals surface area contributed by atoms with Crippen molar-refractivity contribution in [3.63, 3.8) is 0 Å². The third-order valence-corrected chi connectivity index (χ3v) is 3.75. The normalized spacial score (nSPS) is 27.0. The molecule has 3 N–H and O–H groups in total. The molecule has 1 aliphatic carbocycles. The van der Waals surface area contributed by atoms with Gasteiger partial charge < -0.3 is 10.4 Å². The number of urea groups is 1. The van der Waals surface area contributed by atoms with Crippen LogP contribution in [0, 0.1) is 0 Å². The van der Waals surface area contributed by atoms with Gasteiger partial charge in [-0.2, -0.15) is 0 Å². The third kappa shape index (κ3) is 3.23. The lowest BCUT2D eigenvalue weighted by Crippen LogP contribution is -2.53. The predicted octanol–water partition coefficient (Wildman–Crippen LogP) is -0.0863. The van der Waals surface area contributed by atoms with Crippen molar-refractivity contribution in [2.24, 2.45) is 0 Å². The summed E-state index contributed by atoms with van der Waals surface area (Å²) >= 11 is 0. The molecule has 7 nitrogen and oxygen atoms in total. The number of carbonyl (C=O) groups excluding carboxylic acids is 2. The van der Waals surface area contributed by atoms with Gasteiger partial charge in [-0.3, -0.25) is 19.8 Å². The molecule has 1 unspecified atom stereocenters. The van der Waals surface area contributed by atoms with E-state index >= 15 is 0 Å². The second-order valence-corrected chi connectivity index (χ2v) is 5.40. The summed E-state index contributed by atoms with van der Waals surface area (Å²) in [7, 11) is 0. The zero-order valence-corrected chi connectivity index (χ0v) is 10.9. The molecule has 0 bridgehead atoms. The molecule has 1 aliphatic heterocycles. The van der Waals surface area contributed by atoms with E-state index in [0.717, 1.165) is 19.3 Å². The lowest BCUT2D eigenvalue weighted by Gasteiger charge is -2.30. The molecule has 3 amide bonds. The molecule has 0 radical (unpaired) electrons. The summed E-state index contributed by atoms with van der Waals surface area (Å²) in [4.78, 5) is 36.0. The van der Waals surface area contributed by atoms with E-state index in [1.54, 1.807) is 11.8 Å². The number of nitrogens with one attached hydrogen (secondary N) is 2. The second kappa shape index (κ2) is 5.16. The molecule has 0 aromatic heterocycles. The highest BCUT2D eigenvalue weighted by Gasteiger charge is 2.44. The first-order valence-corrected chi connectivity index (χ1v) is 6.50. The first kappa shape index (κ1) is 13.8. The fraction of sp³-hybridized carbons (Fsp3) is 0.750. The van der Waals surface area contributed by atoms with Crippen LogP contribution in [0.4, 0.5) is 4.79 Å². The van der Waals surface area contributed by atoms with E-state index in [0.29, 0.717) is 13.0 Å². The summed E-state index contributed by atoms with van der Waals surface area (Å²) in [5.74, 6) is -1.40. The van der Waals surface area contributed by atoms with Gasteiger partial charge in [-0.1, -0.05) is 0 Å². The summed E-state index contributed by atoms with van der Waals surface area (Å²) in [6.07, 6.45) is 3.16. The number of likely N-dealkylation sites (tertiary alicyclic amines) is 1. The van der Waals surface area contributed by atoms with Crippen molar-refractivity contribution in [1.29, 1.82) is 0 Å². The lowest BCUT2D eigenvalue weighted by molar-refractivity contribution is -0.149. The Morgan fingerprint density at radius 3 is 2.63 bits per heavy atom. The maximum Gasteiger partial charge on any atom is 0.323 e. The molecule has 1 heterocycles. The molecular weight excluding hydrogens is 250 g/mol. The first-order chi connectivity index (χ1) is 8.91. The van der Waals surface area contributed by atoms with Crippen LogP contribution in [0.1, 0.15) is 32.6 Å². The van der Waals surface area contributed by atoms with Crippen molar-refractivity contribution >= 4 is 17.9 Å². The minimum absolute atomic E-state index is 0.0686. The number of aliphatic carboxylic acids is 1. The van der Waals surface area contributed by atoms with Crippen LogP contribution in [0.5, 0.6) is 0 Å². The molecule has 1 saturated heterocycles. The molecule has 106 valence electrons. The number of carboxylic acids is 1. The Kier molecular flexibility index (Phi) is 3.75. The summed E-state index contributed by atoms with van der Waals surface area (Å²) in [5, 5.41) is 14.1. The topological polar surface area (TPSA) is 98.7 Å². The number of imide groups is 1. The van der Waals surface area contributed by atoms with E-state index in [1.807, 2.05) is 0 Å². The number of carboxylic acid groups (broad SMARTS) is 1. The monoisotopic (exact) mass is 269 g/mol. The van der Waals surface area contributed by atoms with Gasteiger partial charge in [-0.15, -0.1) is 0 Å². The second-order valence-electron chi connectivity index (χ2n) is 5.40. The zero-order chi connectivity index (χ0) is 14.0. The predicted molar refractivity (Wildman–Crippen MR) is 66.5 cm³/mol. The Labute approximate surface area is 111 Å². The van der Waals surface area contributed by atoms with Gasteiger partial charge in [0.25, 0.3) is 0 Å². The standard InChI is InChI=1S/C12H19N3O4/c1-12(10(17)18)5-2-6-15(12)7-9(16)14-11(19)13-8-3-4-8/h8H,2-7H2,1H3,(H,17,18)(H2,13,14,16,19). The van der Waals surface area contributed by atoms with Crippen molar-refractivity contribution in [2.75, 3.05) is 13.1 Å². The fourth-order valence-electron chi connectivity index (χ4n) is 2.30. The largest absolute Gasteiger partial charge is 0.480 e. The number of hydrogen-bond acceptors (Lipinski definition) is 4. The maximum atomic E-state index is 11.7. The average molecular weight is 269 g/mol. The quantitative estimate of drug-likeness (QED) is 0.662. The number of amides is 3. The minimum Gasteiger partial charge on any atom is -0.480 e. The van der Waals surface area contributed by atoms with Gasteiger partial charge in [0.05, 0.1) is 6.54 Å². The van der Waals surface area contributed by atoms with Crippen LogP contribution in [0.2, 0.25) is 0 Å². The zero-order valence-electron chi connectivity index (χ0n) is 10.9. The summed E-state index contributed by atoms with van der Waals surface area (Å²) in [6.45, 7) is 2.10. The highest BCUT2D eigenvalue weighted by Crippen LogP contribution is 2.28. The Morgan fingerprint density at radius 2 is 2.05 bits per heavy atom. The number of nitrogens with zero attached hydrogens (tertiary/aromatic N) is 1. The molecule has 19 heavy (non-hydrogen) atoms. The SMILES string of the molecule is CC1(C(=O)O)CCCN1CC(=O)NC(=O)NC1CC1. The van der Waals surface area contributed by atoms with E-state index in [9.17, 15) is 19.5 Å². The smallest absolute Gasteiger partial charge is 0.323 e. The number of rotatable bonds is 4. The summed E-state index contributed by atoms with van der Waals surface area (Å²) in [6, 6.07) is -0.312. The molecule has 7 heteroatoms. The molecule has 1 saturated carbocycles. The van der Waals surface area contributed by atoms with Gasteiger partial charge in [0.2, 0.25) is 5.91 Å². The van der Waals surface area contributed by atoms with Crippen molar-refractivity contribution in [2.45, 2.75) is 44.2 Å². The molecule has 2 rings (SSSR count). The number of carbonyl (C=O) groups is 3. The van der Waals surface area contributed by atoms with Crippen LogP contribution in [0.15, 0.2) is 0 Å². The highest BCUT2D eigenvalue weighted by molar-refractivity contribution is 5.95. The average Bonchev–Trinajstić information content (AvgIpc) is 3.03. The fourth-order valence-corrected chi connectivity index (χ4v) is 2.30. The van der Waals surface area contributed by atoms with E-state index in [1.165, 1.54) is 0 Å². The van der Waals surface area contributed by atoms with Crippen LogP contribution < -0.4 is 10.6 Å². The van der Waals surface area contributed by atoms with Crippen LogP contribution in [0.25, 0.3) is 0 Å². The molecule has 0 spiro atoms. The summed E-state index contributed by atoms with van der Waals surface area (Å²) in [5.41, 5.74) is -1.01. The Morgan fingerprint density at radius 1 is 1.37 bits per heavy atom. The van der Waals surface area contributed by atoms with Crippen LogP contribution >= 0.6 is 0 Å². The van der Waals surface area contributed by atoms with E-state index in [2.05, 4.69) is 10.6 Å². The Bertz CT molecular complexity index is 408. The summed E-state index contributed by atoms with van der Waals surface area (Å²) < 4.78 is 0. The van der Waals surface area contributed by atoms with E-state index in [-0.39, 0.29) is 12.6 Å². The molecular formula is C12H19N3O4. The van der Waals surface area contributed by atoms with Gasteiger partial charge in [0.15, 0.2) is 0 Å². The van der Waals surface area contributed by atoms with Gasteiger partial charge >= 0.3 is 12.0 Å². The van der Waals surface area contributed by atoms with Crippen molar-refractivity contribution in [3.8, 4) is 0 Å². The molecule has 1 atom stereocenters. The number of hydrogen-bond donors (Lipinski definition) is 3. The van der Waals surface area contributed by atoms with Crippen molar-refractivity contribution in [1.82, 2.24) is 15.5 Å². The molecule has 0 aromatic carbocycles. The van der Waals surface area contributed by atoms with Crippen molar-refractivity contribution < 1.29 is 19.5 Å². The Balaban J connectivity index is 1.83. The van der Waals surface area contributed by atoms with E-state index < -0.39 is 23.4 Å². The van der Waals surface area contributed by atoms with Crippen LogP contribution in [-0.2, 0) is 9.59 Å². The maximum absolute atomic E-state index is 11.7. The van der Waals surface area contributed by atoms with Gasteiger partial charge in [0.1, 0.15) is 5.54 Å². The third-order valence-electron chi connectivity index (χ3n) is 3.75. The first-order valence-electron chi connectivity index (χ1n) is 6.50.